The Labute approximate surface area is 163 Å². The molecule has 4 aliphatic rings. The Bertz CT molecular complexity index is 667. The maximum atomic E-state index is 11.5. The van der Waals surface area contributed by atoms with Gasteiger partial charge in [0, 0.05) is 19.3 Å². The second-order valence-electron chi connectivity index (χ2n) is 10.0. The number of carbonyl (C=O) groups excluding carboxylic acids is 2. The molecule has 3 saturated carbocycles. The zero-order valence-electron chi connectivity index (χ0n) is 17.3. The number of allylic oxidation sites excluding steroid dienone is 2. The Hall–Kier alpha value is -1.32. The highest BCUT2D eigenvalue weighted by Gasteiger charge is 2.59. The van der Waals surface area contributed by atoms with Gasteiger partial charge in [-0.1, -0.05) is 13.8 Å². The van der Waals surface area contributed by atoms with Crippen LogP contribution >= 0.6 is 0 Å². The van der Waals surface area contributed by atoms with E-state index in [0.717, 1.165) is 43.3 Å². The van der Waals surface area contributed by atoms with E-state index in [9.17, 15) is 9.59 Å². The Morgan fingerprint density at radius 1 is 1.00 bits per heavy atom. The number of hydrogen-bond donors (Lipinski definition) is 0. The van der Waals surface area contributed by atoms with Crippen LogP contribution in [-0.4, -0.2) is 18.0 Å². The SMILES string of the molecule is CC(=O)OC1=CC[C@H]2[C@@H]3CCC4CC(OC(C)=O)CC[C@]4(C)[C@H]3CC[C@]12C. The topological polar surface area (TPSA) is 52.6 Å². The second-order valence-corrected chi connectivity index (χ2v) is 10.0. The van der Waals surface area contributed by atoms with Gasteiger partial charge in [0.05, 0.1) is 0 Å². The molecule has 0 aromatic rings. The number of esters is 2. The Balaban J connectivity index is 1.51. The lowest BCUT2D eigenvalue weighted by molar-refractivity contribution is -0.159. The first-order valence-corrected chi connectivity index (χ1v) is 10.8. The molecule has 0 amide bonds. The van der Waals surface area contributed by atoms with Gasteiger partial charge in [-0.05, 0) is 86.5 Å². The van der Waals surface area contributed by atoms with Crippen LogP contribution in [0, 0.1) is 34.5 Å². The van der Waals surface area contributed by atoms with Gasteiger partial charge in [0.1, 0.15) is 11.9 Å². The minimum atomic E-state index is -0.190. The Morgan fingerprint density at radius 2 is 1.78 bits per heavy atom. The molecule has 4 rings (SSSR count). The fraction of sp³-hybridized carbons (Fsp3) is 0.826. The highest BCUT2D eigenvalue weighted by atomic mass is 16.5. The van der Waals surface area contributed by atoms with Crippen LogP contribution in [0.15, 0.2) is 11.8 Å². The molecule has 2 unspecified atom stereocenters. The maximum Gasteiger partial charge on any atom is 0.307 e. The normalized spacial score (nSPS) is 45.8. The van der Waals surface area contributed by atoms with Gasteiger partial charge in [0.25, 0.3) is 0 Å². The molecule has 3 fully saturated rings. The van der Waals surface area contributed by atoms with E-state index in [0.29, 0.717) is 17.3 Å². The van der Waals surface area contributed by atoms with Gasteiger partial charge in [-0.2, -0.15) is 0 Å². The Morgan fingerprint density at radius 3 is 2.48 bits per heavy atom. The van der Waals surface area contributed by atoms with Crippen molar-refractivity contribution in [3.63, 3.8) is 0 Å². The molecular weight excluding hydrogens is 340 g/mol. The molecule has 0 N–H and O–H groups in total. The summed E-state index contributed by atoms with van der Waals surface area (Å²) < 4.78 is 11.2. The van der Waals surface area contributed by atoms with Crippen LogP contribution in [-0.2, 0) is 19.1 Å². The molecule has 0 aromatic heterocycles. The van der Waals surface area contributed by atoms with Crippen molar-refractivity contribution in [1.29, 1.82) is 0 Å². The van der Waals surface area contributed by atoms with Gasteiger partial charge in [-0.15, -0.1) is 0 Å². The van der Waals surface area contributed by atoms with Crippen molar-refractivity contribution >= 4 is 11.9 Å². The fourth-order valence-electron chi connectivity index (χ4n) is 7.40. The third kappa shape index (κ3) is 3.03. The standard InChI is InChI=1S/C23H34O4/c1-14(24)26-17-9-11-22(3)16(13-17)5-6-18-19-7-8-21(27-15(2)25)23(19,4)12-10-20(18)22/h8,16-20H,5-7,9-13H2,1-4H3/t16?,17?,18-,19-,20-,22-,23-/m0/s1. The van der Waals surface area contributed by atoms with E-state index in [1.165, 1.54) is 39.5 Å². The Kier molecular flexibility index (Phi) is 4.67. The van der Waals surface area contributed by atoms with Crippen LogP contribution in [0.1, 0.15) is 79.1 Å². The molecule has 0 radical (unpaired) electrons. The first-order valence-electron chi connectivity index (χ1n) is 10.8. The average molecular weight is 375 g/mol. The molecular formula is C23H34O4. The van der Waals surface area contributed by atoms with Gasteiger partial charge < -0.3 is 9.47 Å². The first-order chi connectivity index (χ1) is 12.7. The third-order valence-corrected chi connectivity index (χ3v) is 8.71. The van der Waals surface area contributed by atoms with E-state index in [4.69, 9.17) is 9.47 Å². The number of hydrogen-bond acceptors (Lipinski definition) is 4. The summed E-state index contributed by atoms with van der Waals surface area (Å²) in [6.45, 7) is 7.87. The van der Waals surface area contributed by atoms with Crippen LogP contribution in [0.25, 0.3) is 0 Å². The van der Waals surface area contributed by atoms with E-state index in [1.54, 1.807) is 0 Å². The minimum absolute atomic E-state index is 0.0327. The van der Waals surface area contributed by atoms with Gasteiger partial charge in [0.2, 0.25) is 0 Å². The minimum Gasteiger partial charge on any atom is -0.463 e. The predicted molar refractivity (Wildman–Crippen MR) is 103 cm³/mol. The van der Waals surface area contributed by atoms with Gasteiger partial charge in [-0.3, -0.25) is 9.59 Å². The van der Waals surface area contributed by atoms with Crippen molar-refractivity contribution in [3.05, 3.63) is 11.8 Å². The number of ether oxygens (including phenoxy) is 2. The third-order valence-electron chi connectivity index (χ3n) is 8.71. The molecule has 4 aliphatic carbocycles. The second kappa shape index (κ2) is 6.63. The molecule has 27 heavy (non-hydrogen) atoms. The van der Waals surface area contributed by atoms with Crippen molar-refractivity contribution in [2.75, 3.05) is 0 Å². The molecule has 7 atom stereocenters. The fourth-order valence-corrected chi connectivity index (χ4v) is 7.40. The molecule has 0 heterocycles. The van der Waals surface area contributed by atoms with E-state index >= 15 is 0 Å². The highest BCUT2D eigenvalue weighted by Crippen LogP contribution is 2.66. The van der Waals surface area contributed by atoms with Gasteiger partial charge in [-0.25, -0.2) is 0 Å². The van der Waals surface area contributed by atoms with Gasteiger partial charge >= 0.3 is 11.9 Å². The van der Waals surface area contributed by atoms with Crippen LogP contribution in [0.3, 0.4) is 0 Å². The zero-order chi connectivity index (χ0) is 19.4. The summed E-state index contributed by atoms with van der Waals surface area (Å²) in [6, 6.07) is 0. The predicted octanol–water partition coefficient (Wildman–Crippen LogP) is 5.02. The monoisotopic (exact) mass is 374 g/mol. The number of rotatable bonds is 2. The molecule has 4 heteroatoms. The van der Waals surface area contributed by atoms with Gasteiger partial charge in [0.15, 0.2) is 0 Å². The van der Waals surface area contributed by atoms with Crippen molar-refractivity contribution in [3.8, 4) is 0 Å². The molecule has 0 spiro atoms. The molecule has 0 aromatic carbocycles. The van der Waals surface area contributed by atoms with E-state index in [2.05, 4.69) is 19.9 Å². The molecule has 150 valence electrons. The zero-order valence-corrected chi connectivity index (χ0v) is 17.3. The first kappa shape index (κ1) is 19.0. The van der Waals surface area contributed by atoms with Crippen LogP contribution < -0.4 is 0 Å². The summed E-state index contributed by atoms with van der Waals surface area (Å²) in [7, 11) is 0. The smallest absolute Gasteiger partial charge is 0.307 e. The largest absolute Gasteiger partial charge is 0.463 e. The molecule has 0 saturated heterocycles. The van der Waals surface area contributed by atoms with E-state index < -0.39 is 0 Å². The van der Waals surface area contributed by atoms with Crippen LogP contribution in [0.2, 0.25) is 0 Å². The lowest BCUT2D eigenvalue weighted by atomic mass is 9.45. The summed E-state index contributed by atoms with van der Waals surface area (Å²) in [6.07, 6.45) is 11.4. The van der Waals surface area contributed by atoms with Crippen LogP contribution in [0.5, 0.6) is 0 Å². The summed E-state index contributed by atoms with van der Waals surface area (Å²) >= 11 is 0. The summed E-state index contributed by atoms with van der Waals surface area (Å²) in [5.41, 5.74) is 0.399. The maximum absolute atomic E-state index is 11.5. The van der Waals surface area contributed by atoms with Crippen molar-refractivity contribution in [2.24, 2.45) is 34.5 Å². The lowest BCUT2D eigenvalue weighted by Gasteiger charge is -2.60. The van der Waals surface area contributed by atoms with Crippen molar-refractivity contribution in [2.45, 2.75) is 85.2 Å². The van der Waals surface area contributed by atoms with E-state index in [1.807, 2.05) is 0 Å². The lowest BCUT2D eigenvalue weighted by Crippen LogP contribution is -2.54. The summed E-state index contributed by atoms with van der Waals surface area (Å²) in [5, 5.41) is 0. The quantitative estimate of drug-likeness (QED) is 0.637. The number of fused-ring (bicyclic) bond motifs is 5. The van der Waals surface area contributed by atoms with Crippen LogP contribution in [0.4, 0.5) is 0 Å². The average Bonchev–Trinajstić information content (AvgIpc) is 2.91. The van der Waals surface area contributed by atoms with Crippen molar-refractivity contribution < 1.29 is 19.1 Å². The van der Waals surface area contributed by atoms with Crippen molar-refractivity contribution in [1.82, 2.24) is 0 Å². The summed E-state index contributed by atoms with van der Waals surface area (Å²) in [4.78, 5) is 22.9. The molecule has 0 aliphatic heterocycles. The number of carbonyl (C=O) groups is 2. The molecule has 4 nitrogen and oxygen atoms in total. The summed E-state index contributed by atoms with van der Waals surface area (Å²) in [5.74, 6) is 3.35. The van der Waals surface area contributed by atoms with E-state index in [-0.39, 0.29) is 23.5 Å². The molecule has 0 bridgehead atoms. The highest BCUT2D eigenvalue weighted by molar-refractivity contribution is 5.67.